The average Bonchev–Trinajstić information content (AvgIpc) is 2.79. The van der Waals surface area contributed by atoms with Crippen LogP contribution in [0.25, 0.3) is 10.9 Å². The largest absolute Gasteiger partial charge is 0.485 e. The first kappa shape index (κ1) is 19.1. The molecular weight excluding hydrogens is 416 g/mol. The molecular formula is C23H17ClN4O3. The van der Waals surface area contributed by atoms with E-state index in [0.29, 0.717) is 28.0 Å². The van der Waals surface area contributed by atoms with Gasteiger partial charge in [0.05, 0.1) is 5.52 Å². The minimum atomic E-state index is -0.748. The first-order valence-corrected chi connectivity index (χ1v) is 10.0. The normalized spacial score (nSPS) is 14.8. The van der Waals surface area contributed by atoms with Crippen molar-refractivity contribution in [2.75, 3.05) is 17.2 Å². The summed E-state index contributed by atoms with van der Waals surface area (Å²) in [6.07, 6.45) is 0.736. The monoisotopic (exact) mass is 432 g/mol. The molecule has 7 nitrogen and oxygen atoms in total. The average molecular weight is 433 g/mol. The van der Waals surface area contributed by atoms with Crippen molar-refractivity contribution in [2.45, 2.75) is 6.10 Å². The van der Waals surface area contributed by atoms with Crippen molar-refractivity contribution in [3.8, 4) is 11.5 Å². The zero-order valence-electron chi connectivity index (χ0n) is 16.2. The van der Waals surface area contributed by atoms with Crippen molar-refractivity contribution in [3.63, 3.8) is 0 Å². The highest BCUT2D eigenvalue weighted by Crippen LogP contribution is 2.31. The Balaban J connectivity index is 1.37. The van der Waals surface area contributed by atoms with Gasteiger partial charge in [-0.1, -0.05) is 29.8 Å². The molecule has 0 fully saturated rings. The third-order valence-corrected chi connectivity index (χ3v) is 5.03. The maximum atomic E-state index is 12.7. The predicted octanol–water partition coefficient (Wildman–Crippen LogP) is 4.81. The third kappa shape index (κ3) is 4.08. The number of hydrogen-bond donors (Lipinski definition) is 2. The van der Waals surface area contributed by atoms with Crippen molar-refractivity contribution in [1.29, 1.82) is 0 Å². The smallest absolute Gasteiger partial charge is 0.269 e. The summed E-state index contributed by atoms with van der Waals surface area (Å²) in [6, 6.07) is 20.0. The Morgan fingerprint density at radius 1 is 0.968 bits per heavy atom. The highest BCUT2D eigenvalue weighted by atomic mass is 35.5. The molecule has 1 unspecified atom stereocenters. The van der Waals surface area contributed by atoms with E-state index < -0.39 is 6.10 Å². The molecule has 2 N–H and O–H groups in total. The molecule has 31 heavy (non-hydrogen) atoms. The second-order valence-electron chi connectivity index (χ2n) is 6.94. The van der Waals surface area contributed by atoms with Crippen LogP contribution in [0.4, 0.5) is 17.2 Å². The van der Waals surface area contributed by atoms with Gasteiger partial charge in [-0.15, -0.1) is 0 Å². The van der Waals surface area contributed by atoms with E-state index in [2.05, 4.69) is 20.6 Å². The van der Waals surface area contributed by atoms with Crippen LogP contribution in [0.2, 0.25) is 5.02 Å². The van der Waals surface area contributed by atoms with E-state index in [1.807, 2.05) is 36.4 Å². The Morgan fingerprint density at radius 2 is 1.84 bits per heavy atom. The molecule has 2 heterocycles. The van der Waals surface area contributed by atoms with Crippen LogP contribution in [0.15, 0.2) is 73.1 Å². The molecule has 154 valence electrons. The van der Waals surface area contributed by atoms with Crippen molar-refractivity contribution in [3.05, 3.63) is 78.1 Å². The molecule has 1 aromatic heterocycles. The summed E-state index contributed by atoms with van der Waals surface area (Å²) >= 11 is 6.07. The van der Waals surface area contributed by atoms with Crippen molar-refractivity contribution in [2.24, 2.45) is 0 Å². The molecule has 0 radical (unpaired) electrons. The fraction of sp³-hybridized carbons (Fsp3) is 0.0870. The Bertz CT molecular complexity index is 1280. The minimum absolute atomic E-state index is 0.140. The summed E-state index contributed by atoms with van der Waals surface area (Å²) in [6.45, 7) is 0.140. The van der Waals surface area contributed by atoms with Gasteiger partial charge in [0.2, 0.25) is 6.10 Å². The number of anilines is 3. The van der Waals surface area contributed by atoms with Crippen molar-refractivity contribution < 1.29 is 14.3 Å². The standard InChI is InChI=1S/C23H17ClN4O3/c24-14-4-3-5-15(10-14)27-22-17-11-16(8-9-18(17)25-13-26-22)28-23(29)21-12-30-19-6-1-2-7-20(19)31-21/h1-11,13,21H,12H2,(H,28,29)(H,25,26,27). The number of carbonyl (C=O) groups excluding carboxylic acids is 1. The number of amides is 1. The number of nitrogens with zero attached hydrogens (tertiary/aromatic N) is 2. The van der Waals surface area contributed by atoms with Gasteiger partial charge in [0.25, 0.3) is 5.91 Å². The summed E-state index contributed by atoms with van der Waals surface area (Å²) in [5.41, 5.74) is 2.14. The van der Waals surface area contributed by atoms with Crippen LogP contribution in [0.5, 0.6) is 11.5 Å². The van der Waals surface area contributed by atoms with Crippen molar-refractivity contribution in [1.82, 2.24) is 9.97 Å². The van der Waals surface area contributed by atoms with Gasteiger partial charge < -0.3 is 20.1 Å². The lowest BCUT2D eigenvalue weighted by molar-refractivity contribution is -0.125. The van der Waals surface area contributed by atoms with Gasteiger partial charge in [-0.2, -0.15) is 0 Å². The van der Waals surface area contributed by atoms with Crippen molar-refractivity contribution >= 4 is 45.6 Å². The number of ether oxygens (including phenoxy) is 2. The van der Waals surface area contributed by atoms with Gasteiger partial charge in [-0.3, -0.25) is 4.79 Å². The molecule has 1 amide bonds. The van der Waals surface area contributed by atoms with Gasteiger partial charge in [0.15, 0.2) is 11.5 Å². The second-order valence-corrected chi connectivity index (χ2v) is 7.38. The summed E-state index contributed by atoms with van der Waals surface area (Å²) < 4.78 is 11.4. The van der Waals surface area contributed by atoms with Gasteiger partial charge in [0, 0.05) is 21.8 Å². The maximum absolute atomic E-state index is 12.7. The van der Waals surface area contributed by atoms with Crippen LogP contribution >= 0.6 is 11.6 Å². The molecule has 0 saturated heterocycles. The van der Waals surface area contributed by atoms with Gasteiger partial charge in [0.1, 0.15) is 18.8 Å². The number of nitrogens with one attached hydrogen (secondary N) is 2. The first-order chi connectivity index (χ1) is 15.2. The third-order valence-electron chi connectivity index (χ3n) is 4.79. The van der Waals surface area contributed by atoms with Crippen LogP contribution in [0, 0.1) is 0 Å². The van der Waals surface area contributed by atoms with Crippen LogP contribution in [-0.4, -0.2) is 28.6 Å². The highest BCUT2D eigenvalue weighted by Gasteiger charge is 2.27. The summed E-state index contributed by atoms with van der Waals surface area (Å²) in [4.78, 5) is 21.4. The predicted molar refractivity (Wildman–Crippen MR) is 119 cm³/mol. The molecule has 1 atom stereocenters. The van der Waals surface area contributed by atoms with E-state index >= 15 is 0 Å². The fourth-order valence-corrected chi connectivity index (χ4v) is 3.50. The lowest BCUT2D eigenvalue weighted by Crippen LogP contribution is -2.40. The van der Waals surface area contributed by atoms with E-state index in [0.717, 1.165) is 16.6 Å². The number of aromatic nitrogens is 2. The number of halogens is 1. The van der Waals surface area contributed by atoms with Crippen LogP contribution < -0.4 is 20.1 Å². The number of carbonyl (C=O) groups is 1. The summed E-state index contributed by atoms with van der Waals surface area (Å²) in [5, 5.41) is 7.51. The number of fused-ring (bicyclic) bond motifs is 2. The fourth-order valence-electron chi connectivity index (χ4n) is 3.31. The lowest BCUT2D eigenvalue weighted by atomic mass is 10.2. The summed E-state index contributed by atoms with van der Waals surface area (Å²) in [5.74, 6) is 1.49. The molecule has 0 aliphatic carbocycles. The van der Waals surface area contributed by atoms with Gasteiger partial charge >= 0.3 is 0 Å². The Labute approximate surface area is 183 Å². The molecule has 1 aliphatic heterocycles. The topological polar surface area (TPSA) is 85.4 Å². The molecule has 4 aromatic rings. The minimum Gasteiger partial charge on any atom is -0.485 e. The zero-order chi connectivity index (χ0) is 21.2. The molecule has 0 saturated carbocycles. The maximum Gasteiger partial charge on any atom is 0.269 e. The molecule has 1 aliphatic rings. The molecule has 5 rings (SSSR count). The molecule has 0 spiro atoms. The SMILES string of the molecule is O=C(Nc1ccc2ncnc(Nc3cccc(Cl)c3)c2c1)C1COc2ccccc2O1. The van der Waals surface area contributed by atoms with Crippen LogP contribution in [0.1, 0.15) is 0 Å². The van der Waals surface area contributed by atoms with Crippen LogP contribution in [-0.2, 0) is 4.79 Å². The van der Waals surface area contributed by atoms with Crippen LogP contribution in [0.3, 0.4) is 0 Å². The van der Waals surface area contributed by atoms with E-state index in [1.165, 1.54) is 6.33 Å². The van der Waals surface area contributed by atoms with Gasteiger partial charge in [-0.25, -0.2) is 9.97 Å². The highest BCUT2D eigenvalue weighted by molar-refractivity contribution is 6.30. The lowest BCUT2D eigenvalue weighted by Gasteiger charge is -2.25. The van der Waals surface area contributed by atoms with E-state index in [9.17, 15) is 4.79 Å². The number of hydrogen-bond acceptors (Lipinski definition) is 6. The Hall–Kier alpha value is -3.84. The Morgan fingerprint density at radius 3 is 2.71 bits per heavy atom. The molecule has 0 bridgehead atoms. The number of benzene rings is 3. The van der Waals surface area contributed by atoms with E-state index in [4.69, 9.17) is 21.1 Å². The number of rotatable bonds is 4. The van der Waals surface area contributed by atoms with E-state index in [1.54, 1.807) is 30.3 Å². The summed E-state index contributed by atoms with van der Waals surface area (Å²) in [7, 11) is 0. The molecule has 3 aromatic carbocycles. The van der Waals surface area contributed by atoms with Gasteiger partial charge in [-0.05, 0) is 48.5 Å². The first-order valence-electron chi connectivity index (χ1n) is 9.62. The Kier molecular flexibility index (Phi) is 5.01. The zero-order valence-corrected chi connectivity index (χ0v) is 17.0. The molecule has 8 heteroatoms. The second kappa shape index (κ2) is 8.12. The quantitative estimate of drug-likeness (QED) is 0.481. The van der Waals surface area contributed by atoms with E-state index in [-0.39, 0.29) is 12.5 Å². The number of para-hydroxylation sites is 2.